The van der Waals surface area contributed by atoms with Crippen LogP contribution >= 0.6 is 0 Å². The largest absolute Gasteiger partial charge is 0.472 e. The first-order chi connectivity index (χ1) is 9.54. The third-order valence-electron chi connectivity index (χ3n) is 2.90. The van der Waals surface area contributed by atoms with E-state index in [1.54, 1.807) is 18.2 Å². The molecule has 0 saturated carbocycles. The monoisotopic (exact) mass is 290 g/mol. The maximum atomic E-state index is 12.4. The van der Waals surface area contributed by atoms with Crippen molar-refractivity contribution in [1.82, 2.24) is 4.31 Å². The summed E-state index contributed by atoms with van der Waals surface area (Å²) in [5, 5.41) is 8.60. The molecular formula is C14H14N2O3S. The number of sulfonamides is 1. The smallest absolute Gasteiger partial charge is 0.243 e. The Kier molecular flexibility index (Phi) is 4.23. The molecule has 0 aliphatic heterocycles. The van der Waals surface area contributed by atoms with E-state index < -0.39 is 10.0 Å². The molecule has 0 unspecified atom stereocenters. The van der Waals surface area contributed by atoms with Crippen LogP contribution in [-0.2, 0) is 23.0 Å². The van der Waals surface area contributed by atoms with Gasteiger partial charge in [-0.3, -0.25) is 0 Å². The van der Waals surface area contributed by atoms with Crippen molar-refractivity contribution >= 4 is 10.0 Å². The number of rotatable bonds is 5. The standard InChI is InChI=1S/C14H14N2O3S/c1-16(10-13-7-9-19-11-13)20(17,18)14-4-2-12(3-5-14)6-8-15/h2-5,7,9,11H,6,10H2,1H3. The number of furan rings is 1. The van der Waals surface area contributed by atoms with Gasteiger partial charge in [0.1, 0.15) is 0 Å². The van der Waals surface area contributed by atoms with Crippen LogP contribution in [0.4, 0.5) is 0 Å². The van der Waals surface area contributed by atoms with Gasteiger partial charge in [-0.15, -0.1) is 0 Å². The van der Waals surface area contributed by atoms with Gasteiger partial charge in [0.2, 0.25) is 10.0 Å². The zero-order chi connectivity index (χ0) is 14.6. The van der Waals surface area contributed by atoms with Crippen LogP contribution in [0.25, 0.3) is 0 Å². The van der Waals surface area contributed by atoms with Gasteiger partial charge in [-0.1, -0.05) is 12.1 Å². The van der Waals surface area contributed by atoms with Crippen LogP contribution in [0.1, 0.15) is 11.1 Å². The summed E-state index contributed by atoms with van der Waals surface area (Å²) in [5.74, 6) is 0. The Bertz CT molecular complexity index is 698. The molecule has 0 N–H and O–H groups in total. The normalized spacial score (nSPS) is 11.4. The van der Waals surface area contributed by atoms with Crippen LogP contribution in [0.15, 0.2) is 52.2 Å². The summed E-state index contributed by atoms with van der Waals surface area (Å²) in [6, 6.07) is 10.1. The van der Waals surface area contributed by atoms with Crippen LogP contribution in [0.3, 0.4) is 0 Å². The highest BCUT2D eigenvalue weighted by atomic mass is 32.2. The minimum absolute atomic E-state index is 0.213. The molecule has 1 heterocycles. The lowest BCUT2D eigenvalue weighted by atomic mass is 10.2. The summed E-state index contributed by atoms with van der Waals surface area (Å²) in [4.78, 5) is 0.213. The molecule has 2 rings (SSSR count). The molecule has 0 radical (unpaired) electrons. The van der Waals surface area contributed by atoms with Crippen molar-refractivity contribution in [3.8, 4) is 6.07 Å². The lowest BCUT2D eigenvalue weighted by Gasteiger charge is -2.16. The van der Waals surface area contributed by atoms with E-state index in [0.717, 1.165) is 11.1 Å². The molecule has 0 amide bonds. The molecule has 20 heavy (non-hydrogen) atoms. The molecule has 0 atom stereocenters. The molecule has 104 valence electrons. The summed E-state index contributed by atoms with van der Waals surface area (Å²) in [6.07, 6.45) is 3.29. The van der Waals surface area contributed by atoms with Crippen LogP contribution in [0.2, 0.25) is 0 Å². The van der Waals surface area contributed by atoms with Crippen molar-refractivity contribution in [3.63, 3.8) is 0 Å². The molecular weight excluding hydrogens is 276 g/mol. The van der Waals surface area contributed by atoms with Crippen molar-refractivity contribution in [1.29, 1.82) is 5.26 Å². The Morgan fingerprint density at radius 2 is 1.90 bits per heavy atom. The lowest BCUT2D eigenvalue weighted by molar-refractivity contribution is 0.463. The number of hydrogen-bond donors (Lipinski definition) is 0. The minimum Gasteiger partial charge on any atom is -0.472 e. The third kappa shape index (κ3) is 3.07. The van der Waals surface area contributed by atoms with Gasteiger partial charge in [0.15, 0.2) is 0 Å². The maximum Gasteiger partial charge on any atom is 0.243 e. The number of nitrogens with zero attached hydrogens (tertiary/aromatic N) is 2. The Hall–Kier alpha value is -2.10. The fourth-order valence-electron chi connectivity index (χ4n) is 1.78. The molecule has 1 aromatic carbocycles. The molecule has 0 aliphatic carbocycles. The van der Waals surface area contributed by atoms with Gasteiger partial charge in [-0.05, 0) is 23.8 Å². The van der Waals surface area contributed by atoms with Gasteiger partial charge < -0.3 is 4.42 Å². The number of nitriles is 1. The molecule has 0 aliphatic rings. The van der Waals surface area contributed by atoms with E-state index in [0.29, 0.717) is 0 Å². The highest BCUT2D eigenvalue weighted by Gasteiger charge is 2.21. The zero-order valence-electron chi connectivity index (χ0n) is 11.0. The van der Waals surface area contributed by atoms with Crippen molar-refractivity contribution in [2.45, 2.75) is 17.9 Å². The van der Waals surface area contributed by atoms with Gasteiger partial charge in [-0.2, -0.15) is 9.57 Å². The Balaban J connectivity index is 2.19. The summed E-state index contributed by atoms with van der Waals surface area (Å²) >= 11 is 0. The average molecular weight is 290 g/mol. The fraction of sp³-hybridized carbons (Fsp3) is 0.214. The molecule has 5 nitrogen and oxygen atoms in total. The molecule has 2 aromatic rings. The van der Waals surface area contributed by atoms with E-state index >= 15 is 0 Å². The SMILES string of the molecule is CN(Cc1ccoc1)S(=O)(=O)c1ccc(CC#N)cc1. The Labute approximate surface area is 118 Å². The van der Waals surface area contributed by atoms with Crippen molar-refractivity contribution < 1.29 is 12.8 Å². The average Bonchev–Trinajstić information content (AvgIpc) is 2.92. The van der Waals surface area contributed by atoms with Gasteiger partial charge >= 0.3 is 0 Å². The first-order valence-corrected chi connectivity index (χ1v) is 7.41. The number of hydrogen-bond acceptors (Lipinski definition) is 4. The second kappa shape index (κ2) is 5.90. The van der Waals surface area contributed by atoms with E-state index in [9.17, 15) is 8.42 Å². The molecule has 0 spiro atoms. The Morgan fingerprint density at radius 1 is 1.20 bits per heavy atom. The van der Waals surface area contributed by atoms with Crippen molar-refractivity contribution in [2.75, 3.05) is 7.05 Å². The zero-order valence-corrected chi connectivity index (χ0v) is 11.8. The van der Waals surface area contributed by atoms with Gasteiger partial charge in [0, 0.05) is 19.2 Å². The number of benzene rings is 1. The predicted octanol–water partition coefficient (Wildman–Crippen LogP) is 2.17. The van der Waals surface area contributed by atoms with Crippen LogP contribution in [-0.4, -0.2) is 19.8 Å². The van der Waals surface area contributed by atoms with Crippen molar-refractivity contribution in [2.24, 2.45) is 0 Å². The third-order valence-corrected chi connectivity index (χ3v) is 4.72. The Morgan fingerprint density at radius 3 is 2.45 bits per heavy atom. The molecule has 0 fully saturated rings. The van der Waals surface area contributed by atoms with Crippen LogP contribution in [0, 0.1) is 11.3 Å². The van der Waals surface area contributed by atoms with Crippen molar-refractivity contribution in [3.05, 3.63) is 54.0 Å². The van der Waals surface area contributed by atoms with E-state index in [1.807, 2.05) is 6.07 Å². The second-order valence-electron chi connectivity index (χ2n) is 4.37. The quantitative estimate of drug-likeness (QED) is 0.845. The highest BCUT2D eigenvalue weighted by Crippen LogP contribution is 2.17. The predicted molar refractivity (Wildman–Crippen MR) is 73.1 cm³/mol. The van der Waals surface area contributed by atoms with Crippen LogP contribution < -0.4 is 0 Å². The molecule has 0 bridgehead atoms. The highest BCUT2D eigenvalue weighted by molar-refractivity contribution is 7.89. The fourth-order valence-corrected chi connectivity index (χ4v) is 2.93. The minimum atomic E-state index is -3.54. The lowest BCUT2D eigenvalue weighted by Crippen LogP contribution is -2.26. The summed E-state index contributed by atoms with van der Waals surface area (Å²) in [6.45, 7) is 0.249. The summed E-state index contributed by atoms with van der Waals surface area (Å²) < 4.78 is 30.9. The van der Waals surface area contributed by atoms with E-state index in [2.05, 4.69) is 0 Å². The van der Waals surface area contributed by atoms with E-state index in [-0.39, 0.29) is 17.9 Å². The first kappa shape index (κ1) is 14.3. The van der Waals surface area contributed by atoms with E-state index in [1.165, 1.54) is 36.0 Å². The first-order valence-electron chi connectivity index (χ1n) is 5.97. The van der Waals surface area contributed by atoms with Gasteiger partial charge in [-0.25, -0.2) is 8.42 Å². The summed E-state index contributed by atoms with van der Waals surface area (Å²) in [7, 11) is -2.02. The summed E-state index contributed by atoms with van der Waals surface area (Å²) in [5.41, 5.74) is 1.58. The van der Waals surface area contributed by atoms with Gasteiger partial charge in [0.05, 0.1) is 29.9 Å². The van der Waals surface area contributed by atoms with Gasteiger partial charge in [0.25, 0.3) is 0 Å². The van der Waals surface area contributed by atoms with Crippen LogP contribution in [0.5, 0.6) is 0 Å². The second-order valence-corrected chi connectivity index (χ2v) is 6.42. The molecule has 6 heteroatoms. The molecule has 1 aromatic heterocycles. The maximum absolute atomic E-state index is 12.4. The topological polar surface area (TPSA) is 74.3 Å². The molecule has 0 saturated heterocycles. The van der Waals surface area contributed by atoms with E-state index in [4.69, 9.17) is 9.68 Å².